The third-order valence-corrected chi connectivity index (χ3v) is 6.75. The van der Waals surface area contributed by atoms with Gasteiger partial charge in [0, 0.05) is 22.0 Å². The number of amides is 1. The Bertz CT molecular complexity index is 905. The number of unbranched alkanes of at least 4 members (excludes halogenated alkanes) is 1. The van der Waals surface area contributed by atoms with Gasteiger partial charge in [-0.25, -0.2) is 9.18 Å². The minimum atomic E-state index is -0.777. The summed E-state index contributed by atoms with van der Waals surface area (Å²) >= 11 is 7.36. The molecule has 2 N–H and O–H groups in total. The van der Waals surface area contributed by atoms with E-state index in [1.807, 2.05) is 6.92 Å². The summed E-state index contributed by atoms with van der Waals surface area (Å²) in [6, 6.07) is 2.68. The van der Waals surface area contributed by atoms with Crippen molar-refractivity contribution < 1.29 is 28.2 Å². The zero-order valence-corrected chi connectivity index (χ0v) is 20.1. The first-order chi connectivity index (χ1) is 15.2. The van der Waals surface area contributed by atoms with Crippen LogP contribution in [0.2, 0.25) is 5.02 Å². The van der Waals surface area contributed by atoms with Crippen LogP contribution in [0.25, 0.3) is 0 Å². The van der Waals surface area contributed by atoms with Crippen molar-refractivity contribution in [3.05, 3.63) is 39.7 Å². The quantitative estimate of drug-likeness (QED) is 0.287. The number of hydrogen-bond acceptors (Lipinski definition) is 6. The molecule has 176 valence electrons. The Morgan fingerprint density at radius 3 is 2.62 bits per heavy atom. The second-order valence-corrected chi connectivity index (χ2v) is 9.30. The lowest BCUT2D eigenvalue weighted by Crippen LogP contribution is -2.28. The average Bonchev–Trinajstić information content (AvgIpc) is 2.75. The molecule has 32 heavy (non-hydrogen) atoms. The molecule has 1 aliphatic carbocycles. The molecule has 0 saturated carbocycles. The highest BCUT2D eigenvalue weighted by molar-refractivity contribution is 8.00. The van der Waals surface area contributed by atoms with Crippen LogP contribution in [0.3, 0.4) is 0 Å². The van der Waals surface area contributed by atoms with E-state index in [1.165, 1.54) is 6.07 Å². The lowest BCUT2D eigenvalue weighted by atomic mass is 9.78. The summed E-state index contributed by atoms with van der Waals surface area (Å²) in [6.45, 7) is 5.85. The van der Waals surface area contributed by atoms with Gasteiger partial charge in [-0.1, -0.05) is 24.9 Å². The van der Waals surface area contributed by atoms with Crippen LogP contribution in [-0.4, -0.2) is 36.3 Å². The minimum Gasteiger partial charge on any atom is -0.465 e. The van der Waals surface area contributed by atoms with Gasteiger partial charge in [-0.3, -0.25) is 9.59 Å². The summed E-state index contributed by atoms with van der Waals surface area (Å²) in [5.41, 5.74) is 6.12. The number of primary amides is 1. The van der Waals surface area contributed by atoms with Gasteiger partial charge in [0.05, 0.1) is 18.2 Å². The fraction of sp³-hybridized carbons (Fsp3) is 0.522. The second-order valence-electron chi connectivity index (χ2n) is 7.51. The second kappa shape index (κ2) is 12.3. The number of carbonyl (C=O) groups is 3. The molecule has 1 aromatic rings. The maximum atomic E-state index is 15.0. The van der Waals surface area contributed by atoms with Crippen molar-refractivity contribution in [3.8, 4) is 0 Å². The largest absolute Gasteiger partial charge is 0.465 e. The maximum Gasteiger partial charge on any atom is 0.334 e. The van der Waals surface area contributed by atoms with E-state index in [-0.39, 0.29) is 34.9 Å². The molecular weight excluding hydrogens is 457 g/mol. The van der Waals surface area contributed by atoms with Gasteiger partial charge in [-0.05, 0) is 57.2 Å². The molecule has 1 aliphatic rings. The first-order valence-corrected chi connectivity index (χ1v) is 12.0. The predicted octanol–water partition coefficient (Wildman–Crippen LogP) is 4.92. The van der Waals surface area contributed by atoms with Crippen molar-refractivity contribution in [2.75, 3.05) is 13.2 Å². The van der Waals surface area contributed by atoms with Crippen molar-refractivity contribution in [1.82, 2.24) is 0 Å². The fourth-order valence-corrected chi connectivity index (χ4v) is 4.81. The summed E-state index contributed by atoms with van der Waals surface area (Å²) in [4.78, 5) is 37.4. The Morgan fingerprint density at radius 1 is 1.28 bits per heavy atom. The first kappa shape index (κ1) is 26.2. The Balaban J connectivity index is 2.43. The molecule has 0 spiro atoms. The van der Waals surface area contributed by atoms with E-state index in [0.29, 0.717) is 30.6 Å². The van der Waals surface area contributed by atoms with Gasteiger partial charge < -0.3 is 15.2 Å². The van der Waals surface area contributed by atoms with E-state index in [9.17, 15) is 18.8 Å². The third-order valence-electron chi connectivity index (χ3n) is 5.18. The molecule has 2 atom stereocenters. The van der Waals surface area contributed by atoms with E-state index >= 15 is 0 Å². The minimum absolute atomic E-state index is 0.0772. The van der Waals surface area contributed by atoms with E-state index in [4.69, 9.17) is 26.8 Å². The average molecular weight is 486 g/mol. The van der Waals surface area contributed by atoms with Crippen molar-refractivity contribution >= 4 is 41.2 Å². The Kier molecular flexibility index (Phi) is 10.0. The Hall–Kier alpha value is -2.06. The smallest absolute Gasteiger partial charge is 0.334 e. The van der Waals surface area contributed by atoms with Crippen LogP contribution in [0.1, 0.15) is 64.4 Å². The number of thioether (sulfide) groups is 1. The Morgan fingerprint density at radius 2 is 2.00 bits per heavy atom. The van der Waals surface area contributed by atoms with Crippen molar-refractivity contribution in [2.45, 2.75) is 68.9 Å². The molecule has 1 aromatic carbocycles. The summed E-state index contributed by atoms with van der Waals surface area (Å²) in [6.07, 6.45) is 2.93. The van der Waals surface area contributed by atoms with Crippen LogP contribution in [-0.2, 0) is 23.9 Å². The van der Waals surface area contributed by atoms with Crippen LogP contribution in [0.5, 0.6) is 0 Å². The SMILES string of the molecule is CCCCOC(=O)C1=C(C(N)=O)C(c2cc(SC(C)C(=O)OCC)c(Cl)cc2F)CCC1. The lowest BCUT2D eigenvalue weighted by molar-refractivity contribution is -0.142. The summed E-state index contributed by atoms with van der Waals surface area (Å²) in [5, 5.41) is -0.417. The molecule has 0 aliphatic heterocycles. The van der Waals surface area contributed by atoms with E-state index < -0.39 is 34.8 Å². The fourth-order valence-electron chi connectivity index (χ4n) is 3.61. The number of rotatable bonds is 10. The number of hydrogen-bond donors (Lipinski definition) is 1. The molecule has 2 unspecified atom stereocenters. The molecule has 1 amide bonds. The van der Waals surface area contributed by atoms with E-state index in [0.717, 1.165) is 24.2 Å². The van der Waals surface area contributed by atoms with Gasteiger partial charge in [-0.2, -0.15) is 0 Å². The van der Waals surface area contributed by atoms with Crippen LogP contribution in [0.4, 0.5) is 4.39 Å². The van der Waals surface area contributed by atoms with Crippen LogP contribution >= 0.6 is 23.4 Å². The highest BCUT2D eigenvalue weighted by Crippen LogP contribution is 2.42. The number of halogens is 2. The zero-order valence-electron chi connectivity index (χ0n) is 18.5. The molecule has 0 saturated heterocycles. The molecule has 0 heterocycles. The molecule has 0 aromatic heterocycles. The van der Waals surface area contributed by atoms with Crippen molar-refractivity contribution in [2.24, 2.45) is 5.73 Å². The van der Waals surface area contributed by atoms with E-state index in [1.54, 1.807) is 13.8 Å². The molecule has 0 fully saturated rings. The predicted molar refractivity (Wildman–Crippen MR) is 122 cm³/mol. The number of esters is 2. The maximum absolute atomic E-state index is 15.0. The van der Waals surface area contributed by atoms with E-state index in [2.05, 4.69) is 0 Å². The van der Waals surface area contributed by atoms with Crippen LogP contribution in [0.15, 0.2) is 28.2 Å². The highest BCUT2D eigenvalue weighted by atomic mass is 35.5. The van der Waals surface area contributed by atoms with Crippen molar-refractivity contribution in [3.63, 3.8) is 0 Å². The molecule has 0 radical (unpaired) electrons. The first-order valence-electron chi connectivity index (χ1n) is 10.7. The number of benzene rings is 1. The third kappa shape index (κ3) is 6.48. The molecule has 2 rings (SSSR count). The zero-order chi connectivity index (χ0) is 23.8. The molecular formula is C23H29ClFNO5S. The van der Waals surface area contributed by atoms with Gasteiger partial charge in [0.25, 0.3) is 0 Å². The van der Waals surface area contributed by atoms with Crippen molar-refractivity contribution in [1.29, 1.82) is 0 Å². The summed E-state index contributed by atoms with van der Waals surface area (Å²) in [7, 11) is 0. The van der Waals surface area contributed by atoms with Gasteiger partial charge in [0.15, 0.2) is 0 Å². The summed E-state index contributed by atoms with van der Waals surface area (Å²) < 4.78 is 25.3. The standard InChI is InChI=1S/C23H29ClFNO5S/c1-4-6-10-31-23(29)15-9-7-8-14(20(15)21(26)27)16-11-19(17(24)12-18(16)25)32-13(3)22(28)30-5-2/h11-14H,4-10H2,1-3H3,(H2,26,27). The van der Waals surface area contributed by atoms with Gasteiger partial charge in [0.2, 0.25) is 5.91 Å². The van der Waals surface area contributed by atoms with Gasteiger partial charge in [-0.15, -0.1) is 11.8 Å². The number of nitrogens with two attached hydrogens (primary N) is 1. The normalized spacial score (nSPS) is 17.1. The molecule has 0 bridgehead atoms. The molecule has 6 nitrogen and oxygen atoms in total. The number of carbonyl (C=O) groups excluding carboxylic acids is 3. The Labute approximate surface area is 197 Å². The number of ether oxygens (including phenoxy) is 2. The topological polar surface area (TPSA) is 95.7 Å². The monoisotopic (exact) mass is 485 g/mol. The van der Waals surface area contributed by atoms with Crippen LogP contribution < -0.4 is 5.73 Å². The van der Waals surface area contributed by atoms with Crippen LogP contribution in [0, 0.1) is 5.82 Å². The molecule has 9 heteroatoms. The lowest BCUT2D eigenvalue weighted by Gasteiger charge is -2.27. The highest BCUT2D eigenvalue weighted by Gasteiger charge is 2.34. The summed E-state index contributed by atoms with van der Waals surface area (Å²) in [5.74, 6) is -3.08. The van der Waals surface area contributed by atoms with Gasteiger partial charge >= 0.3 is 11.9 Å². The van der Waals surface area contributed by atoms with Gasteiger partial charge in [0.1, 0.15) is 11.1 Å².